The molecule has 0 heterocycles. The van der Waals surface area contributed by atoms with Crippen molar-refractivity contribution in [3.05, 3.63) is 0 Å². The number of ether oxygens (including phenoxy) is 2. The Labute approximate surface area is 106 Å². The summed E-state index contributed by atoms with van der Waals surface area (Å²) in [4.78, 5) is 0. The van der Waals surface area contributed by atoms with Crippen LogP contribution in [0.25, 0.3) is 0 Å². The number of nitrogens with one attached hydrogen (secondary N) is 1. The van der Waals surface area contributed by atoms with Crippen LogP contribution in [-0.4, -0.2) is 40.0 Å². The first-order valence-electron chi connectivity index (χ1n) is 7.12. The maximum absolute atomic E-state index is 5.66. The number of rotatable bonds is 8. The van der Waals surface area contributed by atoms with Crippen LogP contribution in [0.5, 0.6) is 0 Å². The third-order valence-electron chi connectivity index (χ3n) is 3.80. The van der Waals surface area contributed by atoms with Gasteiger partial charge in [-0.2, -0.15) is 0 Å². The van der Waals surface area contributed by atoms with E-state index in [2.05, 4.69) is 12.4 Å². The molecule has 2 atom stereocenters. The summed E-state index contributed by atoms with van der Waals surface area (Å²) < 4.78 is 10.7. The van der Waals surface area contributed by atoms with Gasteiger partial charge < -0.3 is 14.8 Å². The van der Waals surface area contributed by atoms with Crippen LogP contribution in [0, 0.1) is 5.92 Å². The molecule has 3 nitrogen and oxygen atoms in total. The fraction of sp³-hybridized carbons (Fsp3) is 1.00. The van der Waals surface area contributed by atoms with Gasteiger partial charge in [-0.25, -0.2) is 0 Å². The zero-order chi connectivity index (χ0) is 12.3. The molecule has 1 fully saturated rings. The molecule has 0 saturated heterocycles. The number of methoxy groups -OCH3 is 1. The van der Waals surface area contributed by atoms with E-state index in [1.165, 1.54) is 38.5 Å². The van der Waals surface area contributed by atoms with E-state index in [0.717, 1.165) is 32.2 Å². The van der Waals surface area contributed by atoms with Crippen molar-refractivity contribution in [2.45, 2.75) is 51.0 Å². The first-order valence-corrected chi connectivity index (χ1v) is 7.12. The molecular weight excluding hydrogens is 214 g/mol. The molecule has 0 radical (unpaired) electrons. The minimum Gasteiger partial charge on any atom is -0.385 e. The van der Waals surface area contributed by atoms with Crippen molar-refractivity contribution >= 4 is 0 Å². The molecule has 1 saturated carbocycles. The lowest BCUT2D eigenvalue weighted by Crippen LogP contribution is -2.33. The summed E-state index contributed by atoms with van der Waals surface area (Å²) in [5, 5.41) is 3.48. The molecule has 2 unspecified atom stereocenters. The van der Waals surface area contributed by atoms with Gasteiger partial charge in [0.05, 0.1) is 0 Å². The Hall–Kier alpha value is -0.120. The molecule has 0 bridgehead atoms. The molecule has 0 amide bonds. The summed E-state index contributed by atoms with van der Waals surface area (Å²) >= 11 is 0. The normalized spacial score (nSPS) is 25.8. The van der Waals surface area contributed by atoms with Gasteiger partial charge in [0, 0.05) is 33.0 Å². The Morgan fingerprint density at radius 3 is 2.65 bits per heavy atom. The second-order valence-corrected chi connectivity index (χ2v) is 5.04. The Morgan fingerprint density at radius 1 is 1.06 bits per heavy atom. The van der Waals surface area contributed by atoms with Crippen LogP contribution in [0.2, 0.25) is 0 Å². The lowest BCUT2D eigenvalue weighted by atomic mass is 9.92. The van der Waals surface area contributed by atoms with Gasteiger partial charge in [0.2, 0.25) is 0 Å². The molecule has 0 spiro atoms. The first kappa shape index (κ1) is 14.9. The first-order chi connectivity index (χ1) is 8.38. The van der Waals surface area contributed by atoms with Gasteiger partial charge in [0.15, 0.2) is 0 Å². The average Bonchev–Trinajstić information content (AvgIpc) is 2.58. The predicted octanol–water partition coefficient (Wildman–Crippen LogP) is 2.60. The molecule has 0 aliphatic heterocycles. The van der Waals surface area contributed by atoms with E-state index in [9.17, 15) is 0 Å². The Balaban J connectivity index is 2.10. The van der Waals surface area contributed by atoms with Crippen LogP contribution < -0.4 is 5.32 Å². The van der Waals surface area contributed by atoms with Crippen molar-refractivity contribution in [1.29, 1.82) is 0 Å². The molecule has 0 aromatic carbocycles. The second-order valence-electron chi connectivity index (χ2n) is 5.04. The topological polar surface area (TPSA) is 30.5 Å². The zero-order valence-corrected chi connectivity index (χ0v) is 11.5. The van der Waals surface area contributed by atoms with E-state index >= 15 is 0 Å². The van der Waals surface area contributed by atoms with Crippen molar-refractivity contribution < 1.29 is 9.47 Å². The molecular formula is C14H29NO2. The molecule has 1 aliphatic rings. The Bertz CT molecular complexity index is 176. The third kappa shape index (κ3) is 6.39. The van der Waals surface area contributed by atoms with Gasteiger partial charge in [-0.1, -0.05) is 19.3 Å². The molecule has 1 aliphatic carbocycles. The van der Waals surface area contributed by atoms with E-state index in [4.69, 9.17) is 9.47 Å². The molecule has 17 heavy (non-hydrogen) atoms. The van der Waals surface area contributed by atoms with Gasteiger partial charge in [0.25, 0.3) is 0 Å². The van der Waals surface area contributed by atoms with E-state index in [-0.39, 0.29) is 0 Å². The minimum atomic E-state index is 0.708. The van der Waals surface area contributed by atoms with E-state index in [1.807, 2.05) is 0 Å². The standard InChI is InChI=1S/C14H29NO2/c1-15-14-8-5-3-4-7-13(14)9-12-17-11-6-10-16-2/h13-15H,3-12H2,1-2H3. The van der Waals surface area contributed by atoms with Gasteiger partial charge in [-0.05, 0) is 38.6 Å². The van der Waals surface area contributed by atoms with Crippen molar-refractivity contribution in [3.8, 4) is 0 Å². The SMILES string of the molecule is CNC1CCCCCC1CCOCCCOC. The van der Waals surface area contributed by atoms with Gasteiger partial charge in [0.1, 0.15) is 0 Å². The smallest absolute Gasteiger partial charge is 0.0487 e. The molecule has 3 heteroatoms. The van der Waals surface area contributed by atoms with Crippen LogP contribution in [0.1, 0.15) is 44.9 Å². The lowest BCUT2D eigenvalue weighted by Gasteiger charge is -2.24. The molecule has 1 N–H and O–H groups in total. The Morgan fingerprint density at radius 2 is 1.88 bits per heavy atom. The highest BCUT2D eigenvalue weighted by Gasteiger charge is 2.21. The number of hydrogen-bond acceptors (Lipinski definition) is 3. The van der Waals surface area contributed by atoms with Crippen molar-refractivity contribution in [2.24, 2.45) is 5.92 Å². The molecule has 102 valence electrons. The highest BCUT2D eigenvalue weighted by molar-refractivity contribution is 4.78. The molecule has 0 aromatic rings. The largest absolute Gasteiger partial charge is 0.385 e. The maximum atomic E-state index is 5.66. The fourth-order valence-electron chi connectivity index (χ4n) is 2.75. The van der Waals surface area contributed by atoms with E-state index in [0.29, 0.717) is 6.04 Å². The van der Waals surface area contributed by atoms with Gasteiger partial charge in [-0.15, -0.1) is 0 Å². The van der Waals surface area contributed by atoms with Crippen LogP contribution in [0.3, 0.4) is 0 Å². The van der Waals surface area contributed by atoms with Crippen LogP contribution >= 0.6 is 0 Å². The van der Waals surface area contributed by atoms with Crippen LogP contribution in [0.4, 0.5) is 0 Å². The average molecular weight is 243 g/mol. The minimum absolute atomic E-state index is 0.708. The summed E-state index contributed by atoms with van der Waals surface area (Å²) in [7, 11) is 3.84. The summed E-state index contributed by atoms with van der Waals surface area (Å²) in [5.41, 5.74) is 0. The van der Waals surface area contributed by atoms with Crippen molar-refractivity contribution in [3.63, 3.8) is 0 Å². The predicted molar refractivity (Wildman–Crippen MR) is 71.4 cm³/mol. The summed E-state index contributed by atoms with van der Waals surface area (Å²) in [6.45, 7) is 2.56. The highest BCUT2D eigenvalue weighted by Crippen LogP contribution is 2.25. The maximum Gasteiger partial charge on any atom is 0.0487 e. The van der Waals surface area contributed by atoms with Gasteiger partial charge in [-0.3, -0.25) is 0 Å². The van der Waals surface area contributed by atoms with E-state index < -0.39 is 0 Å². The number of hydrogen-bond donors (Lipinski definition) is 1. The van der Waals surface area contributed by atoms with Crippen LogP contribution in [-0.2, 0) is 9.47 Å². The third-order valence-corrected chi connectivity index (χ3v) is 3.80. The second kappa shape index (κ2) is 9.86. The Kier molecular flexibility index (Phi) is 8.67. The summed E-state index contributed by atoms with van der Waals surface area (Å²) in [6, 6.07) is 0.708. The van der Waals surface area contributed by atoms with Crippen LogP contribution in [0.15, 0.2) is 0 Å². The lowest BCUT2D eigenvalue weighted by molar-refractivity contribution is 0.0893. The highest BCUT2D eigenvalue weighted by atomic mass is 16.5. The quantitative estimate of drug-likeness (QED) is 0.525. The van der Waals surface area contributed by atoms with Crippen molar-refractivity contribution in [1.82, 2.24) is 5.32 Å². The monoisotopic (exact) mass is 243 g/mol. The van der Waals surface area contributed by atoms with Gasteiger partial charge >= 0.3 is 0 Å². The molecule has 1 rings (SSSR count). The fourth-order valence-corrected chi connectivity index (χ4v) is 2.75. The zero-order valence-electron chi connectivity index (χ0n) is 11.5. The van der Waals surface area contributed by atoms with E-state index in [1.54, 1.807) is 7.11 Å². The summed E-state index contributed by atoms with van der Waals surface area (Å²) in [5.74, 6) is 0.810. The molecule has 0 aromatic heterocycles. The summed E-state index contributed by atoms with van der Waals surface area (Å²) in [6.07, 6.45) is 9.11. The van der Waals surface area contributed by atoms with Crippen molar-refractivity contribution in [2.75, 3.05) is 34.0 Å².